The molecule has 2 saturated heterocycles. The number of urea groups is 1. The average Bonchev–Trinajstić information content (AvgIpc) is 3.11. The molecule has 1 aromatic heterocycles. The van der Waals surface area contributed by atoms with Crippen LogP contribution in [0.15, 0.2) is 47.3 Å². The number of carbonyl (C=O) groups excluding carboxylic acids is 3. The molecule has 9 nitrogen and oxygen atoms in total. The highest BCUT2D eigenvalue weighted by Gasteiger charge is 2.40. The minimum Gasteiger partial charge on any atom is -0.497 e. The molecule has 4 heterocycles. The maximum absolute atomic E-state index is 13.0. The number of aromatic nitrogens is 1. The molecule has 2 bridgehead atoms. The topological polar surface area (TPSA) is 101 Å². The van der Waals surface area contributed by atoms with Gasteiger partial charge in [0.25, 0.3) is 11.5 Å². The summed E-state index contributed by atoms with van der Waals surface area (Å²) in [5.74, 6) is 0.641. The number of fused-ring (bicyclic) bond motifs is 4. The molecule has 172 valence electrons. The van der Waals surface area contributed by atoms with E-state index in [0.29, 0.717) is 31.1 Å². The maximum atomic E-state index is 13.0. The first-order valence-corrected chi connectivity index (χ1v) is 11.2. The average molecular weight is 450 g/mol. The SMILES string of the molecule is COc1ccc(N2C(=O)N[C@@H](CCC(=O)N3C[C@H]4C[C@@H](C3)c3cccc(=O)n3C4)C2=O)cc1. The Balaban J connectivity index is 1.21. The molecule has 3 atom stereocenters. The molecular weight excluding hydrogens is 424 g/mol. The Labute approximate surface area is 190 Å². The largest absolute Gasteiger partial charge is 0.497 e. The van der Waals surface area contributed by atoms with Gasteiger partial charge in [-0.1, -0.05) is 6.07 Å². The number of nitrogens with zero attached hydrogens (tertiary/aromatic N) is 3. The Bertz CT molecular complexity index is 1160. The highest BCUT2D eigenvalue weighted by Crippen LogP contribution is 2.35. The first-order chi connectivity index (χ1) is 15.9. The number of ether oxygens (including phenoxy) is 1. The van der Waals surface area contributed by atoms with Crippen molar-refractivity contribution < 1.29 is 19.1 Å². The number of benzene rings is 1. The number of piperidine rings is 1. The van der Waals surface area contributed by atoms with Crippen LogP contribution in [0.3, 0.4) is 0 Å². The number of pyridine rings is 1. The minimum absolute atomic E-state index is 0.0129. The Morgan fingerprint density at radius 1 is 1.06 bits per heavy atom. The lowest BCUT2D eigenvalue weighted by molar-refractivity contribution is -0.134. The molecule has 9 heteroatoms. The van der Waals surface area contributed by atoms with Crippen LogP contribution in [0.1, 0.15) is 30.9 Å². The Kier molecular flexibility index (Phi) is 5.39. The van der Waals surface area contributed by atoms with Crippen LogP contribution in [-0.4, -0.2) is 53.6 Å². The molecule has 4 amide bonds. The second-order valence-corrected chi connectivity index (χ2v) is 8.91. The lowest BCUT2D eigenvalue weighted by atomic mass is 9.83. The van der Waals surface area contributed by atoms with Crippen LogP contribution in [0.2, 0.25) is 0 Å². The van der Waals surface area contributed by atoms with E-state index in [1.807, 2.05) is 15.5 Å². The van der Waals surface area contributed by atoms with Crippen molar-refractivity contribution in [2.75, 3.05) is 25.1 Å². The molecule has 3 aliphatic rings. The summed E-state index contributed by atoms with van der Waals surface area (Å²) in [5.41, 5.74) is 1.47. The van der Waals surface area contributed by atoms with E-state index in [9.17, 15) is 19.2 Å². The van der Waals surface area contributed by atoms with Crippen LogP contribution in [0, 0.1) is 5.92 Å². The fourth-order valence-electron chi connectivity index (χ4n) is 5.23. The maximum Gasteiger partial charge on any atom is 0.329 e. The minimum atomic E-state index is -0.729. The summed E-state index contributed by atoms with van der Waals surface area (Å²) < 4.78 is 6.95. The van der Waals surface area contributed by atoms with E-state index in [-0.39, 0.29) is 42.1 Å². The zero-order chi connectivity index (χ0) is 23.1. The van der Waals surface area contributed by atoms with Crippen molar-refractivity contribution in [2.24, 2.45) is 5.92 Å². The lowest BCUT2D eigenvalue weighted by Gasteiger charge is -2.42. The van der Waals surface area contributed by atoms with Gasteiger partial charge in [-0.2, -0.15) is 0 Å². The van der Waals surface area contributed by atoms with Crippen LogP contribution < -0.4 is 20.5 Å². The van der Waals surface area contributed by atoms with Crippen molar-refractivity contribution >= 4 is 23.5 Å². The van der Waals surface area contributed by atoms with E-state index in [1.54, 1.807) is 43.5 Å². The number of hydrogen-bond donors (Lipinski definition) is 1. The van der Waals surface area contributed by atoms with Gasteiger partial charge in [0.1, 0.15) is 11.8 Å². The smallest absolute Gasteiger partial charge is 0.329 e. The number of anilines is 1. The quantitative estimate of drug-likeness (QED) is 0.699. The normalized spacial score (nSPS) is 23.8. The molecule has 2 fully saturated rings. The van der Waals surface area contributed by atoms with Gasteiger partial charge >= 0.3 is 6.03 Å². The number of methoxy groups -OCH3 is 1. The van der Waals surface area contributed by atoms with Gasteiger partial charge in [0, 0.05) is 43.7 Å². The molecule has 1 aromatic carbocycles. The zero-order valence-corrected chi connectivity index (χ0v) is 18.4. The molecular formula is C24H26N4O5. The molecule has 5 rings (SSSR count). The van der Waals surface area contributed by atoms with E-state index in [1.165, 1.54) is 0 Å². The van der Waals surface area contributed by atoms with Gasteiger partial charge in [-0.3, -0.25) is 14.4 Å². The molecule has 0 aliphatic carbocycles. The van der Waals surface area contributed by atoms with E-state index in [2.05, 4.69) is 5.32 Å². The van der Waals surface area contributed by atoms with Crippen molar-refractivity contribution in [3.8, 4) is 5.75 Å². The number of likely N-dealkylation sites (tertiary alicyclic amines) is 1. The monoisotopic (exact) mass is 450 g/mol. The van der Waals surface area contributed by atoms with Gasteiger partial charge in [0.2, 0.25) is 5.91 Å². The summed E-state index contributed by atoms with van der Waals surface area (Å²) in [6.07, 6.45) is 1.40. The van der Waals surface area contributed by atoms with E-state index < -0.39 is 12.1 Å². The second-order valence-electron chi connectivity index (χ2n) is 8.91. The predicted molar refractivity (Wildman–Crippen MR) is 120 cm³/mol. The van der Waals surface area contributed by atoms with Crippen molar-refractivity contribution in [3.05, 3.63) is 58.5 Å². The molecule has 0 spiro atoms. The summed E-state index contributed by atoms with van der Waals surface area (Å²) in [6, 6.07) is 10.8. The summed E-state index contributed by atoms with van der Waals surface area (Å²) in [7, 11) is 1.55. The van der Waals surface area contributed by atoms with Gasteiger partial charge in [0.15, 0.2) is 0 Å². The molecule has 1 N–H and O–H groups in total. The van der Waals surface area contributed by atoms with E-state index >= 15 is 0 Å². The number of rotatable bonds is 5. The summed E-state index contributed by atoms with van der Waals surface area (Å²) in [5, 5.41) is 2.70. The lowest BCUT2D eigenvalue weighted by Crippen LogP contribution is -2.49. The van der Waals surface area contributed by atoms with Crippen molar-refractivity contribution in [1.82, 2.24) is 14.8 Å². The third-order valence-corrected chi connectivity index (χ3v) is 6.83. The molecule has 2 aromatic rings. The molecule has 0 saturated carbocycles. The number of amides is 4. The first-order valence-electron chi connectivity index (χ1n) is 11.2. The van der Waals surface area contributed by atoms with Crippen molar-refractivity contribution in [2.45, 2.75) is 37.8 Å². The predicted octanol–water partition coefficient (Wildman–Crippen LogP) is 1.71. The van der Waals surface area contributed by atoms with Gasteiger partial charge in [-0.25, -0.2) is 9.69 Å². The number of carbonyl (C=O) groups is 3. The van der Waals surface area contributed by atoms with Gasteiger partial charge < -0.3 is 19.5 Å². The second kappa shape index (κ2) is 8.38. The molecule has 0 unspecified atom stereocenters. The van der Waals surface area contributed by atoms with Crippen molar-refractivity contribution in [3.63, 3.8) is 0 Å². The summed E-state index contributed by atoms with van der Waals surface area (Å²) in [4.78, 5) is 53.4. The summed E-state index contributed by atoms with van der Waals surface area (Å²) >= 11 is 0. The third kappa shape index (κ3) is 3.88. The first kappa shape index (κ1) is 21.2. The van der Waals surface area contributed by atoms with Crippen LogP contribution in [0.4, 0.5) is 10.5 Å². The number of nitrogens with one attached hydrogen (secondary N) is 1. The molecule has 33 heavy (non-hydrogen) atoms. The van der Waals surface area contributed by atoms with Gasteiger partial charge in [-0.05, 0) is 49.1 Å². The Morgan fingerprint density at radius 2 is 1.85 bits per heavy atom. The Hall–Kier alpha value is -3.62. The molecule has 0 radical (unpaired) electrons. The Morgan fingerprint density at radius 3 is 2.61 bits per heavy atom. The fourth-order valence-corrected chi connectivity index (χ4v) is 5.23. The van der Waals surface area contributed by atoms with Gasteiger partial charge in [-0.15, -0.1) is 0 Å². The van der Waals surface area contributed by atoms with Gasteiger partial charge in [0.05, 0.1) is 12.8 Å². The molecule has 3 aliphatic heterocycles. The van der Waals surface area contributed by atoms with E-state index in [4.69, 9.17) is 4.74 Å². The van der Waals surface area contributed by atoms with E-state index in [0.717, 1.165) is 17.0 Å². The van der Waals surface area contributed by atoms with Crippen LogP contribution in [-0.2, 0) is 16.1 Å². The third-order valence-electron chi connectivity index (χ3n) is 6.83. The highest BCUT2D eigenvalue weighted by molar-refractivity contribution is 6.21. The standard InChI is InChI=1S/C24H26N4O5/c1-33-18-7-5-17(6-8-18)28-23(31)19(25-24(28)32)9-10-21(29)26-12-15-11-16(14-26)20-3-2-4-22(30)27(20)13-15/h2-8,15-16,19H,9-14H2,1H3,(H,25,32)/t15-,16+,19+/m1/s1. The number of hydrogen-bond acceptors (Lipinski definition) is 5. The summed E-state index contributed by atoms with van der Waals surface area (Å²) in [6.45, 7) is 1.81. The fraction of sp³-hybridized carbons (Fsp3) is 0.417. The van der Waals surface area contributed by atoms with Crippen LogP contribution in [0.25, 0.3) is 0 Å². The van der Waals surface area contributed by atoms with Crippen molar-refractivity contribution in [1.29, 1.82) is 0 Å². The van der Waals surface area contributed by atoms with Crippen LogP contribution in [0.5, 0.6) is 5.75 Å². The zero-order valence-electron chi connectivity index (χ0n) is 18.4. The number of imide groups is 1. The van der Waals surface area contributed by atoms with Crippen LogP contribution >= 0.6 is 0 Å². The highest BCUT2D eigenvalue weighted by atomic mass is 16.5.